The van der Waals surface area contributed by atoms with E-state index in [9.17, 15) is 26.4 Å². The molecular weight excluding hydrogens is 443 g/mol. The highest BCUT2D eigenvalue weighted by Gasteiger charge is 2.32. The number of nitrogens with one attached hydrogen (secondary N) is 2. The zero-order valence-electron chi connectivity index (χ0n) is 17.6. The highest BCUT2D eigenvalue weighted by atomic mass is 32.2. The van der Waals surface area contributed by atoms with E-state index in [1.54, 1.807) is 24.3 Å². The van der Waals surface area contributed by atoms with Crippen LogP contribution in [-0.2, 0) is 34.0 Å². The Morgan fingerprint density at radius 3 is 2.38 bits per heavy atom. The van der Waals surface area contributed by atoms with Gasteiger partial charge in [0.2, 0.25) is 5.91 Å². The van der Waals surface area contributed by atoms with Gasteiger partial charge in [-0.3, -0.25) is 9.52 Å². The molecule has 0 bridgehead atoms. The Labute approximate surface area is 185 Å². The van der Waals surface area contributed by atoms with Crippen molar-refractivity contribution < 1.29 is 26.4 Å². The zero-order chi connectivity index (χ0) is 23.9. The number of alkyl halides is 3. The molecule has 10 heteroatoms. The minimum atomic E-state index is -4.54. The van der Waals surface area contributed by atoms with E-state index in [0.717, 1.165) is 17.0 Å². The van der Waals surface area contributed by atoms with Crippen molar-refractivity contribution in [2.45, 2.75) is 33.0 Å². The monoisotopic (exact) mass is 467 g/mol. The summed E-state index contributed by atoms with van der Waals surface area (Å²) in [4.78, 5) is 15.9. The molecule has 0 atom stereocenters. The van der Waals surface area contributed by atoms with Gasteiger partial charge in [-0.15, -0.1) is 0 Å². The average Bonchev–Trinajstić information content (AvgIpc) is 2.71. The fourth-order valence-electron chi connectivity index (χ4n) is 2.68. The third-order valence-electron chi connectivity index (χ3n) is 4.22. The summed E-state index contributed by atoms with van der Waals surface area (Å²) in [6, 6.07) is 8.58. The molecular formula is C22H24F3N3O3S. The van der Waals surface area contributed by atoms with Gasteiger partial charge in [-0.1, -0.05) is 38.6 Å². The third kappa shape index (κ3) is 7.84. The van der Waals surface area contributed by atoms with Crippen LogP contribution in [0, 0.1) is 5.92 Å². The SMILES string of the molecule is C=CS(=O)(=O)Nc1ccc(CNC(=O)/C=C/c2ccc(C(F)(F)F)nc2CC(C)C)cc1. The molecule has 6 nitrogen and oxygen atoms in total. The van der Waals surface area contributed by atoms with Gasteiger partial charge < -0.3 is 5.32 Å². The number of nitrogens with zero attached hydrogens (tertiary/aromatic N) is 1. The van der Waals surface area contributed by atoms with Crippen molar-refractivity contribution in [1.29, 1.82) is 0 Å². The first kappa shape index (κ1) is 25.1. The van der Waals surface area contributed by atoms with E-state index in [0.29, 0.717) is 17.7 Å². The minimum Gasteiger partial charge on any atom is -0.348 e. The fourth-order valence-corrected chi connectivity index (χ4v) is 3.23. The van der Waals surface area contributed by atoms with E-state index in [1.807, 2.05) is 13.8 Å². The second-order valence-electron chi connectivity index (χ2n) is 7.39. The number of pyridine rings is 1. The summed E-state index contributed by atoms with van der Waals surface area (Å²) in [6.45, 7) is 7.13. The molecule has 0 saturated carbocycles. The number of rotatable bonds is 9. The average molecular weight is 468 g/mol. The molecule has 0 aliphatic rings. The van der Waals surface area contributed by atoms with Crippen molar-refractivity contribution >= 4 is 27.7 Å². The van der Waals surface area contributed by atoms with Crippen LogP contribution in [-0.4, -0.2) is 19.3 Å². The summed E-state index contributed by atoms with van der Waals surface area (Å²) in [7, 11) is -3.60. The number of carbonyl (C=O) groups excluding carboxylic acids is 1. The predicted octanol–water partition coefficient (Wildman–Crippen LogP) is 4.51. The summed E-state index contributed by atoms with van der Waals surface area (Å²) in [5.74, 6) is -0.345. The maximum absolute atomic E-state index is 13.0. The summed E-state index contributed by atoms with van der Waals surface area (Å²) in [5, 5.41) is 3.46. The topological polar surface area (TPSA) is 88.2 Å². The number of sulfonamides is 1. The first-order valence-corrected chi connectivity index (χ1v) is 11.2. The van der Waals surface area contributed by atoms with E-state index in [1.165, 1.54) is 18.2 Å². The molecule has 2 N–H and O–H groups in total. The molecule has 32 heavy (non-hydrogen) atoms. The first-order chi connectivity index (χ1) is 14.9. The molecule has 0 unspecified atom stereocenters. The standard InChI is InChI=1S/C22H24F3N3O3S/c1-4-32(30,31)28-18-9-5-16(6-10-18)14-26-21(29)12-8-17-7-11-20(22(23,24)25)27-19(17)13-15(2)3/h4-12,15,28H,1,13-14H2,2-3H3,(H,26,29)/b12-8+. The number of amides is 1. The van der Waals surface area contributed by atoms with Crippen molar-refractivity contribution in [1.82, 2.24) is 10.3 Å². The minimum absolute atomic E-state index is 0.0888. The number of anilines is 1. The van der Waals surface area contributed by atoms with Gasteiger partial charge in [-0.25, -0.2) is 13.4 Å². The molecule has 0 saturated heterocycles. The van der Waals surface area contributed by atoms with Crippen molar-refractivity contribution in [3.05, 3.63) is 77.0 Å². The molecule has 0 aliphatic carbocycles. The molecule has 1 aromatic carbocycles. The van der Waals surface area contributed by atoms with Crippen LogP contribution < -0.4 is 10.0 Å². The van der Waals surface area contributed by atoms with Crippen LogP contribution in [0.1, 0.15) is 36.4 Å². The second-order valence-corrected chi connectivity index (χ2v) is 9.02. The lowest BCUT2D eigenvalue weighted by Gasteiger charge is -2.12. The van der Waals surface area contributed by atoms with Crippen molar-refractivity contribution in [3.8, 4) is 0 Å². The third-order valence-corrected chi connectivity index (χ3v) is 5.17. The highest BCUT2D eigenvalue weighted by Crippen LogP contribution is 2.29. The Hall–Kier alpha value is -3.14. The lowest BCUT2D eigenvalue weighted by Crippen LogP contribution is -2.20. The van der Waals surface area contributed by atoms with Crippen molar-refractivity contribution in [2.24, 2.45) is 5.92 Å². The van der Waals surface area contributed by atoms with Crippen LogP contribution in [0.5, 0.6) is 0 Å². The van der Waals surface area contributed by atoms with Crippen LogP contribution in [0.15, 0.2) is 54.5 Å². The van der Waals surface area contributed by atoms with Gasteiger partial charge in [-0.2, -0.15) is 13.2 Å². The number of carbonyl (C=O) groups is 1. The van der Waals surface area contributed by atoms with Crippen molar-refractivity contribution in [2.75, 3.05) is 4.72 Å². The zero-order valence-corrected chi connectivity index (χ0v) is 18.4. The second kappa shape index (κ2) is 10.4. The predicted molar refractivity (Wildman–Crippen MR) is 118 cm³/mol. The Kier molecular flexibility index (Phi) is 8.20. The molecule has 1 aromatic heterocycles. The number of hydrogen-bond acceptors (Lipinski definition) is 4. The molecule has 0 radical (unpaired) electrons. The molecule has 1 amide bonds. The molecule has 172 valence electrons. The van der Waals surface area contributed by atoms with E-state index < -0.39 is 27.8 Å². The van der Waals surface area contributed by atoms with Gasteiger partial charge in [0.25, 0.3) is 10.0 Å². The molecule has 0 fully saturated rings. The highest BCUT2D eigenvalue weighted by molar-refractivity contribution is 7.95. The summed E-state index contributed by atoms with van der Waals surface area (Å²) >= 11 is 0. The summed E-state index contributed by atoms with van der Waals surface area (Å²) < 4.78 is 64.1. The van der Waals surface area contributed by atoms with Gasteiger partial charge in [0, 0.05) is 29.4 Å². The van der Waals surface area contributed by atoms with Gasteiger partial charge >= 0.3 is 6.18 Å². The quantitative estimate of drug-likeness (QED) is 0.531. The summed E-state index contributed by atoms with van der Waals surface area (Å²) in [6.07, 6.45) is -1.52. The smallest absolute Gasteiger partial charge is 0.348 e. The van der Waals surface area contributed by atoms with Gasteiger partial charge in [0.1, 0.15) is 5.69 Å². The molecule has 2 aromatic rings. The van der Waals surface area contributed by atoms with Crippen LogP contribution >= 0.6 is 0 Å². The van der Waals surface area contributed by atoms with Gasteiger partial charge in [-0.05, 0) is 47.7 Å². The summed E-state index contributed by atoms with van der Waals surface area (Å²) in [5.41, 5.74) is 0.836. The normalized spacial score (nSPS) is 12.2. The maximum atomic E-state index is 13.0. The molecule has 2 rings (SSSR count). The maximum Gasteiger partial charge on any atom is 0.433 e. The fraction of sp³-hybridized carbons (Fsp3) is 0.273. The van der Waals surface area contributed by atoms with E-state index in [4.69, 9.17) is 0 Å². The van der Waals surface area contributed by atoms with Crippen molar-refractivity contribution in [3.63, 3.8) is 0 Å². The number of halogens is 3. The molecule has 0 aliphatic heterocycles. The van der Waals surface area contributed by atoms with E-state index in [2.05, 4.69) is 21.6 Å². The lowest BCUT2D eigenvalue weighted by molar-refractivity contribution is -0.141. The van der Waals surface area contributed by atoms with E-state index in [-0.39, 0.29) is 18.2 Å². The lowest BCUT2D eigenvalue weighted by atomic mass is 10.0. The number of aromatic nitrogens is 1. The van der Waals surface area contributed by atoms with Crippen LogP contribution in [0.4, 0.5) is 18.9 Å². The molecule has 0 spiro atoms. The first-order valence-electron chi connectivity index (χ1n) is 9.67. The Balaban J connectivity index is 2.03. The Morgan fingerprint density at radius 1 is 1.16 bits per heavy atom. The number of benzene rings is 1. The van der Waals surface area contributed by atoms with Crippen LogP contribution in [0.25, 0.3) is 6.08 Å². The van der Waals surface area contributed by atoms with Crippen LogP contribution in [0.2, 0.25) is 0 Å². The van der Waals surface area contributed by atoms with Gasteiger partial charge in [0.15, 0.2) is 0 Å². The Bertz CT molecular complexity index is 1090. The van der Waals surface area contributed by atoms with E-state index >= 15 is 0 Å². The largest absolute Gasteiger partial charge is 0.433 e. The van der Waals surface area contributed by atoms with Gasteiger partial charge in [0.05, 0.1) is 0 Å². The van der Waals surface area contributed by atoms with Crippen LogP contribution in [0.3, 0.4) is 0 Å². The number of hydrogen-bond donors (Lipinski definition) is 2. The molecule has 1 heterocycles. The Morgan fingerprint density at radius 2 is 1.81 bits per heavy atom.